The molecule has 0 bridgehead atoms. The first-order chi connectivity index (χ1) is 14.2. The lowest BCUT2D eigenvalue weighted by Crippen LogP contribution is -2.22. The van der Waals surface area contributed by atoms with E-state index in [4.69, 9.17) is 9.15 Å². The van der Waals surface area contributed by atoms with Gasteiger partial charge in [0.2, 0.25) is 0 Å². The highest BCUT2D eigenvalue weighted by Gasteiger charge is 2.17. The maximum absolute atomic E-state index is 12.4. The van der Waals surface area contributed by atoms with Crippen molar-refractivity contribution in [3.8, 4) is 0 Å². The first kappa shape index (κ1) is 19.1. The molecule has 0 radical (unpaired) electrons. The highest BCUT2D eigenvalue weighted by Crippen LogP contribution is 2.25. The number of aromatic nitrogens is 2. The number of nitrogens with zero attached hydrogens (tertiary/aromatic N) is 2. The predicted molar refractivity (Wildman–Crippen MR) is 109 cm³/mol. The molecule has 2 aromatic heterocycles. The van der Waals surface area contributed by atoms with E-state index in [1.165, 1.54) is 0 Å². The summed E-state index contributed by atoms with van der Waals surface area (Å²) in [7, 11) is 0. The van der Waals surface area contributed by atoms with Crippen molar-refractivity contribution in [2.75, 3.05) is 18.5 Å². The molecule has 0 saturated carbocycles. The molecule has 150 valence electrons. The molecule has 1 amide bonds. The molecule has 0 atom stereocenters. The lowest BCUT2D eigenvalue weighted by molar-refractivity contribution is 0.0843. The lowest BCUT2D eigenvalue weighted by Gasteiger charge is -2.21. The zero-order valence-electron chi connectivity index (χ0n) is 16.4. The highest BCUT2D eigenvalue weighted by atomic mass is 16.5. The van der Waals surface area contributed by atoms with Crippen molar-refractivity contribution in [1.82, 2.24) is 15.5 Å². The largest absolute Gasteiger partial charge is 0.465 e. The molecule has 3 aromatic rings. The van der Waals surface area contributed by atoms with Crippen LogP contribution >= 0.6 is 0 Å². The molecular weight excluding hydrogens is 368 g/mol. The number of furan rings is 1. The van der Waals surface area contributed by atoms with E-state index in [0.717, 1.165) is 49.0 Å². The number of amides is 1. The van der Waals surface area contributed by atoms with Gasteiger partial charge in [0, 0.05) is 30.4 Å². The number of nitrogens with one attached hydrogen (secondary N) is 2. The van der Waals surface area contributed by atoms with Gasteiger partial charge in [0.05, 0.1) is 12.2 Å². The second kappa shape index (κ2) is 8.87. The zero-order valence-corrected chi connectivity index (χ0v) is 16.4. The van der Waals surface area contributed by atoms with Crippen LogP contribution in [0.5, 0.6) is 0 Å². The van der Waals surface area contributed by atoms with Crippen LogP contribution in [0.3, 0.4) is 0 Å². The van der Waals surface area contributed by atoms with E-state index in [0.29, 0.717) is 23.8 Å². The molecule has 29 heavy (non-hydrogen) atoms. The summed E-state index contributed by atoms with van der Waals surface area (Å²) in [4.78, 5) is 12.4. The molecular formula is C22H24N4O3. The van der Waals surface area contributed by atoms with Crippen LogP contribution in [0.2, 0.25) is 0 Å². The van der Waals surface area contributed by atoms with Crippen molar-refractivity contribution >= 4 is 17.4 Å². The summed E-state index contributed by atoms with van der Waals surface area (Å²) in [6.45, 7) is 3.78. The third-order valence-electron chi connectivity index (χ3n) is 4.94. The second-order valence-electron chi connectivity index (χ2n) is 7.13. The fourth-order valence-corrected chi connectivity index (χ4v) is 3.36. The maximum atomic E-state index is 12.4. The monoisotopic (exact) mass is 392 g/mol. The molecule has 2 N–H and O–H groups in total. The van der Waals surface area contributed by atoms with Gasteiger partial charge in [-0.15, -0.1) is 5.10 Å². The first-order valence-corrected chi connectivity index (χ1v) is 9.79. The van der Waals surface area contributed by atoms with Crippen molar-refractivity contribution in [2.24, 2.45) is 0 Å². The Labute approximate surface area is 169 Å². The van der Waals surface area contributed by atoms with Crippen LogP contribution in [0, 0.1) is 6.92 Å². The van der Waals surface area contributed by atoms with Gasteiger partial charge >= 0.3 is 0 Å². The summed E-state index contributed by atoms with van der Waals surface area (Å²) in [5.74, 6) is 2.44. The first-order valence-electron chi connectivity index (χ1n) is 9.79. The molecule has 1 aromatic carbocycles. The Bertz CT molecular complexity index is 962. The minimum atomic E-state index is -0.163. The van der Waals surface area contributed by atoms with E-state index in [1.54, 1.807) is 12.1 Å². The van der Waals surface area contributed by atoms with Crippen molar-refractivity contribution < 1.29 is 13.9 Å². The van der Waals surface area contributed by atoms with Crippen molar-refractivity contribution in [3.63, 3.8) is 0 Å². The van der Waals surface area contributed by atoms with Gasteiger partial charge < -0.3 is 19.8 Å². The summed E-state index contributed by atoms with van der Waals surface area (Å²) >= 11 is 0. The number of hydrogen-bond acceptors (Lipinski definition) is 6. The number of aryl methyl sites for hydroxylation is 1. The molecule has 0 spiro atoms. The number of carbonyl (C=O) groups is 1. The zero-order chi connectivity index (χ0) is 20.1. The molecule has 7 heteroatoms. The minimum absolute atomic E-state index is 0.163. The standard InChI is InChI=1S/C22H24N4O3/c1-15-5-6-19(29-15)14-23-22(27)17-3-2-4-18(13-17)24-21-8-7-20(25-26-21)16-9-11-28-12-10-16/h2-8,13,16H,9-12,14H2,1H3,(H,23,27)(H,24,26). The van der Waals surface area contributed by atoms with Crippen molar-refractivity contribution in [1.29, 1.82) is 0 Å². The van der Waals surface area contributed by atoms with E-state index < -0.39 is 0 Å². The molecule has 7 nitrogen and oxygen atoms in total. The number of anilines is 2. The van der Waals surface area contributed by atoms with Crippen LogP contribution in [0.25, 0.3) is 0 Å². The molecule has 1 aliphatic heterocycles. The van der Waals surface area contributed by atoms with E-state index in [2.05, 4.69) is 20.8 Å². The maximum Gasteiger partial charge on any atom is 0.251 e. The van der Waals surface area contributed by atoms with E-state index in [9.17, 15) is 4.79 Å². The summed E-state index contributed by atoms with van der Waals surface area (Å²) in [6.07, 6.45) is 1.96. The molecule has 1 saturated heterocycles. The molecule has 4 rings (SSSR count). The Morgan fingerprint density at radius 1 is 1.10 bits per heavy atom. The molecule has 1 fully saturated rings. The highest BCUT2D eigenvalue weighted by molar-refractivity contribution is 5.95. The SMILES string of the molecule is Cc1ccc(CNC(=O)c2cccc(Nc3ccc(C4CCOCC4)nn3)c2)o1. The van der Waals surface area contributed by atoms with Gasteiger partial charge in [-0.2, -0.15) is 5.10 Å². The number of rotatable bonds is 6. The fraction of sp³-hybridized carbons (Fsp3) is 0.318. The van der Waals surface area contributed by atoms with Crippen LogP contribution in [-0.2, 0) is 11.3 Å². The van der Waals surface area contributed by atoms with Gasteiger partial charge in [0.1, 0.15) is 11.5 Å². The number of ether oxygens (including phenoxy) is 1. The lowest BCUT2D eigenvalue weighted by atomic mass is 9.96. The van der Waals surface area contributed by atoms with Crippen LogP contribution in [0.1, 0.15) is 46.3 Å². The Morgan fingerprint density at radius 2 is 1.97 bits per heavy atom. The molecule has 0 unspecified atom stereocenters. The Balaban J connectivity index is 1.37. The van der Waals surface area contributed by atoms with Gasteiger partial charge in [-0.1, -0.05) is 6.07 Å². The van der Waals surface area contributed by atoms with Crippen LogP contribution in [0.15, 0.2) is 52.9 Å². The third-order valence-corrected chi connectivity index (χ3v) is 4.94. The average Bonchev–Trinajstić information content (AvgIpc) is 3.18. The fourth-order valence-electron chi connectivity index (χ4n) is 3.36. The van der Waals surface area contributed by atoms with Gasteiger partial charge in [-0.3, -0.25) is 4.79 Å². The smallest absolute Gasteiger partial charge is 0.251 e. The topological polar surface area (TPSA) is 89.3 Å². The molecule has 0 aliphatic carbocycles. The minimum Gasteiger partial charge on any atom is -0.465 e. The van der Waals surface area contributed by atoms with Gasteiger partial charge in [0.15, 0.2) is 5.82 Å². The quantitative estimate of drug-likeness (QED) is 0.660. The summed E-state index contributed by atoms with van der Waals surface area (Å²) in [5, 5.41) is 14.7. The van der Waals surface area contributed by atoms with Gasteiger partial charge in [-0.25, -0.2) is 0 Å². The molecule has 1 aliphatic rings. The number of carbonyl (C=O) groups excluding carboxylic acids is 1. The van der Waals surface area contributed by atoms with Crippen molar-refractivity contribution in [3.05, 3.63) is 71.3 Å². The van der Waals surface area contributed by atoms with Gasteiger partial charge in [-0.05, 0) is 62.2 Å². The average molecular weight is 392 g/mol. The van der Waals surface area contributed by atoms with Crippen LogP contribution in [-0.4, -0.2) is 29.3 Å². The normalized spacial score (nSPS) is 14.5. The summed E-state index contributed by atoms with van der Waals surface area (Å²) in [6, 6.07) is 14.9. The Kier molecular flexibility index (Phi) is 5.86. The predicted octanol–water partition coefficient (Wildman–Crippen LogP) is 3.95. The Hall–Kier alpha value is -3.19. The van der Waals surface area contributed by atoms with Crippen molar-refractivity contribution in [2.45, 2.75) is 32.2 Å². The number of benzene rings is 1. The third kappa shape index (κ3) is 5.00. The van der Waals surface area contributed by atoms with E-state index in [1.807, 2.05) is 43.3 Å². The van der Waals surface area contributed by atoms with Gasteiger partial charge in [0.25, 0.3) is 5.91 Å². The van der Waals surface area contributed by atoms with Crippen LogP contribution < -0.4 is 10.6 Å². The molecule has 3 heterocycles. The van der Waals surface area contributed by atoms with Crippen LogP contribution in [0.4, 0.5) is 11.5 Å². The summed E-state index contributed by atoms with van der Waals surface area (Å²) in [5.41, 5.74) is 2.34. The van der Waals surface area contributed by atoms with E-state index in [-0.39, 0.29) is 5.91 Å². The number of hydrogen-bond donors (Lipinski definition) is 2. The Morgan fingerprint density at radius 3 is 2.69 bits per heavy atom. The summed E-state index contributed by atoms with van der Waals surface area (Å²) < 4.78 is 10.9. The van der Waals surface area contributed by atoms with E-state index >= 15 is 0 Å². The second-order valence-corrected chi connectivity index (χ2v) is 7.13.